The smallest absolute Gasteiger partial charge is 0.365 e. The van der Waals surface area contributed by atoms with E-state index in [0.717, 1.165) is 5.76 Å². The van der Waals surface area contributed by atoms with E-state index in [4.69, 9.17) is 9.25 Å². The Balaban J connectivity index is 1.95. The van der Waals surface area contributed by atoms with E-state index in [2.05, 4.69) is 5.16 Å². The van der Waals surface area contributed by atoms with Crippen molar-refractivity contribution >= 4 is 12.2 Å². The lowest BCUT2D eigenvalue weighted by Crippen LogP contribution is -2.00. The molecular formula is C13H11NO3. The van der Waals surface area contributed by atoms with Gasteiger partial charge in [0.25, 0.3) is 0 Å². The molecule has 86 valence electrons. The summed E-state index contributed by atoms with van der Waals surface area (Å²) < 4.78 is 5.23. The minimum Gasteiger partial charge on any atom is -0.460 e. The lowest BCUT2D eigenvalue weighted by atomic mass is 10.2. The van der Waals surface area contributed by atoms with Crippen LogP contribution in [0, 0.1) is 6.92 Å². The zero-order valence-corrected chi connectivity index (χ0v) is 9.29. The van der Waals surface area contributed by atoms with Gasteiger partial charge in [-0.25, -0.2) is 4.79 Å². The molecule has 0 aliphatic rings. The van der Waals surface area contributed by atoms with E-state index in [-0.39, 0.29) is 0 Å². The molecule has 0 saturated heterocycles. The Morgan fingerprint density at radius 1 is 1.24 bits per heavy atom. The Bertz CT molecular complexity index is 529. The molecule has 0 radical (unpaired) electrons. The van der Waals surface area contributed by atoms with Crippen LogP contribution in [0.25, 0.3) is 0 Å². The number of nitrogens with zero attached hydrogens (tertiary/aromatic N) is 1. The highest BCUT2D eigenvalue weighted by Gasteiger charge is 2.04. The second-order valence-corrected chi connectivity index (χ2v) is 3.43. The average molecular weight is 229 g/mol. The predicted octanol–water partition coefficient (Wildman–Crippen LogP) is 2.78. The van der Waals surface area contributed by atoms with Crippen molar-refractivity contribution in [1.82, 2.24) is 0 Å². The summed E-state index contributed by atoms with van der Waals surface area (Å²) in [5.41, 5.74) is 0.459. The Kier molecular flexibility index (Phi) is 3.35. The molecule has 0 spiro atoms. The number of rotatable bonds is 3. The predicted molar refractivity (Wildman–Crippen MR) is 62.9 cm³/mol. The first-order valence-electron chi connectivity index (χ1n) is 5.12. The van der Waals surface area contributed by atoms with E-state index in [0.29, 0.717) is 11.3 Å². The van der Waals surface area contributed by atoms with Crippen molar-refractivity contribution in [3.05, 3.63) is 59.5 Å². The molecule has 4 nitrogen and oxygen atoms in total. The molecule has 0 aliphatic heterocycles. The molecule has 0 fully saturated rings. The zero-order chi connectivity index (χ0) is 12.1. The summed E-state index contributed by atoms with van der Waals surface area (Å²) in [5, 5.41) is 3.56. The highest BCUT2D eigenvalue weighted by Crippen LogP contribution is 2.04. The minimum atomic E-state index is -0.495. The summed E-state index contributed by atoms with van der Waals surface area (Å²) in [6.45, 7) is 1.83. The number of furan rings is 1. The number of hydrogen-bond donors (Lipinski definition) is 0. The van der Waals surface area contributed by atoms with Gasteiger partial charge in [0.05, 0.1) is 5.56 Å². The van der Waals surface area contributed by atoms with Gasteiger partial charge in [0, 0.05) is 0 Å². The quantitative estimate of drug-likeness (QED) is 0.462. The van der Waals surface area contributed by atoms with Gasteiger partial charge in [-0.3, -0.25) is 0 Å². The normalized spacial score (nSPS) is 10.6. The van der Waals surface area contributed by atoms with Crippen molar-refractivity contribution in [2.45, 2.75) is 6.92 Å². The molecule has 0 amide bonds. The maximum Gasteiger partial charge on any atom is 0.365 e. The van der Waals surface area contributed by atoms with E-state index in [1.807, 2.05) is 13.0 Å². The largest absolute Gasteiger partial charge is 0.460 e. The van der Waals surface area contributed by atoms with Gasteiger partial charge >= 0.3 is 5.97 Å². The fourth-order valence-corrected chi connectivity index (χ4v) is 1.28. The van der Waals surface area contributed by atoms with Crippen LogP contribution in [0.3, 0.4) is 0 Å². The third-order valence-electron chi connectivity index (χ3n) is 2.09. The lowest BCUT2D eigenvalue weighted by molar-refractivity contribution is 0.0519. The molecule has 0 bridgehead atoms. The topological polar surface area (TPSA) is 51.8 Å². The van der Waals surface area contributed by atoms with Crippen molar-refractivity contribution < 1.29 is 14.0 Å². The standard InChI is InChI=1S/C13H11NO3/c1-10-7-8-12(16-10)9-14-17-13(15)11-5-3-2-4-6-11/h2-9H,1H3/b14-9+. The number of carbonyl (C=O) groups excluding carboxylic acids is 1. The van der Waals surface area contributed by atoms with E-state index in [1.165, 1.54) is 6.21 Å². The molecule has 0 aliphatic carbocycles. The Morgan fingerprint density at radius 3 is 2.65 bits per heavy atom. The summed E-state index contributed by atoms with van der Waals surface area (Å²) in [5.74, 6) is 0.828. The number of benzene rings is 1. The molecule has 1 aromatic heterocycles. The zero-order valence-electron chi connectivity index (χ0n) is 9.29. The summed E-state index contributed by atoms with van der Waals surface area (Å²) >= 11 is 0. The number of oxime groups is 1. The third-order valence-corrected chi connectivity index (χ3v) is 2.09. The van der Waals surface area contributed by atoms with Gasteiger partial charge in [0.1, 0.15) is 17.7 Å². The molecule has 0 atom stereocenters. The van der Waals surface area contributed by atoms with Crippen LogP contribution in [0.5, 0.6) is 0 Å². The van der Waals surface area contributed by atoms with E-state index in [9.17, 15) is 4.79 Å². The van der Waals surface area contributed by atoms with Crippen molar-refractivity contribution in [2.24, 2.45) is 5.16 Å². The maximum atomic E-state index is 11.5. The second-order valence-electron chi connectivity index (χ2n) is 3.43. The van der Waals surface area contributed by atoms with Crippen molar-refractivity contribution in [3.63, 3.8) is 0 Å². The van der Waals surface area contributed by atoms with Crippen LogP contribution in [0.2, 0.25) is 0 Å². The fraction of sp³-hybridized carbons (Fsp3) is 0.0769. The van der Waals surface area contributed by atoms with Gasteiger partial charge < -0.3 is 9.25 Å². The van der Waals surface area contributed by atoms with Crippen LogP contribution in [-0.2, 0) is 4.84 Å². The van der Waals surface area contributed by atoms with Crippen molar-refractivity contribution in [3.8, 4) is 0 Å². The van der Waals surface area contributed by atoms with Gasteiger partial charge in [-0.2, -0.15) is 0 Å². The van der Waals surface area contributed by atoms with Gasteiger partial charge in [0.2, 0.25) is 0 Å². The molecule has 17 heavy (non-hydrogen) atoms. The monoisotopic (exact) mass is 229 g/mol. The Hall–Kier alpha value is -2.36. The Morgan fingerprint density at radius 2 is 2.00 bits per heavy atom. The van der Waals surface area contributed by atoms with Crippen LogP contribution < -0.4 is 0 Å². The lowest BCUT2D eigenvalue weighted by Gasteiger charge is -1.95. The molecular weight excluding hydrogens is 218 g/mol. The Labute approximate surface area is 98.5 Å². The fourth-order valence-electron chi connectivity index (χ4n) is 1.28. The van der Waals surface area contributed by atoms with Gasteiger partial charge in [0.15, 0.2) is 0 Å². The summed E-state index contributed by atoms with van der Waals surface area (Å²) in [6.07, 6.45) is 1.36. The van der Waals surface area contributed by atoms with Gasteiger partial charge in [-0.1, -0.05) is 23.4 Å². The number of carbonyl (C=O) groups is 1. The van der Waals surface area contributed by atoms with Gasteiger partial charge in [-0.05, 0) is 31.2 Å². The molecule has 4 heteroatoms. The first-order chi connectivity index (χ1) is 8.25. The van der Waals surface area contributed by atoms with Crippen molar-refractivity contribution in [2.75, 3.05) is 0 Å². The third kappa shape index (κ3) is 3.04. The van der Waals surface area contributed by atoms with E-state index in [1.54, 1.807) is 36.4 Å². The molecule has 2 aromatic rings. The van der Waals surface area contributed by atoms with Gasteiger partial charge in [-0.15, -0.1) is 0 Å². The maximum absolute atomic E-state index is 11.5. The number of hydrogen-bond acceptors (Lipinski definition) is 4. The first kappa shape index (κ1) is 11.1. The molecule has 1 aromatic carbocycles. The van der Waals surface area contributed by atoms with Crippen LogP contribution in [0.4, 0.5) is 0 Å². The first-order valence-corrected chi connectivity index (χ1v) is 5.12. The SMILES string of the molecule is Cc1ccc(/C=N/OC(=O)c2ccccc2)o1. The molecule has 2 rings (SSSR count). The van der Waals surface area contributed by atoms with Crippen LogP contribution in [0.15, 0.2) is 52.0 Å². The highest BCUT2D eigenvalue weighted by atomic mass is 16.7. The van der Waals surface area contributed by atoms with Crippen LogP contribution >= 0.6 is 0 Å². The van der Waals surface area contributed by atoms with Crippen LogP contribution in [0.1, 0.15) is 21.9 Å². The molecule has 0 saturated carbocycles. The summed E-state index contributed by atoms with van der Waals surface area (Å²) in [6, 6.07) is 12.2. The van der Waals surface area contributed by atoms with Crippen LogP contribution in [-0.4, -0.2) is 12.2 Å². The molecule has 0 unspecified atom stereocenters. The van der Waals surface area contributed by atoms with E-state index < -0.39 is 5.97 Å². The molecule has 0 N–H and O–H groups in total. The second kappa shape index (κ2) is 5.12. The minimum absolute atomic E-state index is 0.459. The van der Waals surface area contributed by atoms with Crippen molar-refractivity contribution in [1.29, 1.82) is 0 Å². The summed E-state index contributed by atoms with van der Waals surface area (Å²) in [7, 11) is 0. The van der Waals surface area contributed by atoms with E-state index >= 15 is 0 Å². The highest BCUT2D eigenvalue weighted by molar-refractivity contribution is 5.89. The summed E-state index contributed by atoms with van der Waals surface area (Å²) in [4.78, 5) is 16.2. The average Bonchev–Trinajstić information content (AvgIpc) is 2.76. The molecule has 1 heterocycles. The number of aryl methyl sites for hydroxylation is 1.